The molecule has 0 radical (unpaired) electrons. The van der Waals surface area contributed by atoms with Gasteiger partial charge in [0.15, 0.2) is 5.13 Å². The van der Waals surface area contributed by atoms with Crippen molar-refractivity contribution in [3.8, 4) is 17.0 Å². The molecule has 0 saturated carbocycles. The third-order valence-corrected chi connectivity index (χ3v) is 5.48. The van der Waals surface area contributed by atoms with Crippen LogP contribution in [0.4, 0.5) is 9.93 Å². The molecule has 0 saturated heterocycles. The summed E-state index contributed by atoms with van der Waals surface area (Å²) in [4.78, 5) is 27.6. The van der Waals surface area contributed by atoms with Crippen molar-refractivity contribution in [1.82, 2.24) is 10.3 Å². The Morgan fingerprint density at radius 1 is 1.24 bits per heavy atom. The number of ether oxygens (including phenoxy) is 3. The van der Waals surface area contributed by atoms with Gasteiger partial charge in [-0.15, -0.1) is 11.3 Å². The Morgan fingerprint density at radius 2 is 2.00 bits per heavy atom. The quantitative estimate of drug-likeness (QED) is 0.334. The van der Waals surface area contributed by atoms with Gasteiger partial charge in [0.25, 0.3) is 0 Å². The molecule has 0 aliphatic rings. The van der Waals surface area contributed by atoms with Crippen molar-refractivity contribution in [2.75, 3.05) is 25.6 Å². The van der Waals surface area contributed by atoms with E-state index in [0.717, 1.165) is 24.0 Å². The van der Waals surface area contributed by atoms with Crippen molar-refractivity contribution >= 4 is 29.0 Å². The highest BCUT2D eigenvalue weighted by Crippen LogP contribution is 2.34. The second-order valence-corrected chi connectivity index (χ2v) is 9.89. The number of hydrogen-bond acceptors (Lipinski definition) is 7. The fraction of sp³-hybridized carbons (Fsp3) is 0.542. The first-order valence-corrected chi connectivity index (χ1v) is 11.9. The van der Waals surface area contributed by atoms with Crippen LogP contribution in [0.25, 0.3) is 11.3 Å². The van der Waals surface area contributed by atoms with E-state index in [0.29, 0.717) is 42.1 Å². The summed E-state index contributed by atoms with van der Waals surface area (Å²) in [5.74, 6) is 0.993. The zero-order valence-corrected chi connectivity index (χ0v) is 21.1. The third-order valence-electron chi connectivity index (χ3n) is 4.73. The average molecular weight is 478 g/mol. The normalized spacial score (nSPS) is 12.3. The number of hydrogen-bond donors (Lipinski definition) is 2. The van der Waals surface area contributed by atoms with Gasteiger partial charge < -0.3 is 19.5 Å². The summed E-state index contributed by atoms with van der Waals surface area (Å²) in [6.45, 7) is 10.7. The Bertz CT molecular complexity index is 908. The van der Waals surface area contributed by atoms with Crippen LogP contribution >= 0.6 is 11.3 Å². The van der Waals surface area contributed by atoms with Gasteiger partial charge in [-0.25, -0.2) is 9.78 Å². The smallest absolute Gasteiger partial charge is 0.413 e. The lowest BCUT2D eigenvalue weighted by molar-refractivity contribution is -0.110. The summed E-state index contributed by atoms with van der Waals surface area (Å²) >= 11 is 1.32. The summed E-state index contributed by atoms with van der Waals surface area (Å²) in [7, 11) is 1.66. The predicted molar refractivity (Wildman–Crippen MR) is 131 cm³/mol. The molecule has 2 aromatic rings. The molecule has 1 unspecified atom stereocenters. The molecule has 2 N–H and O–H groups in total. The Labute approximate surface area is 200 Å². The second-order valence-electron chi connectivity index (χ2n) is 9.03. The molecular weight excluding hydrogens is 442 g/mol. The number of nitrogens with zero attached hydrogens (tertiary/aromatic N) is 1. The largest absolute Gasteiger partial charge is 0.493 e. The number of rotatable bonds is 12. The Balaban J connectivity index is 2.24. The highest BCUT2D eigenvalue weighted by atomic mass is 32.1. The van der Waals surface area contributed by atoms with Crippen molar-refractivity contribution < 1.29 is 23.8 Å². The number of carbonyl (C=O) groups excluding carboxylic acids is 2. The highest BCUT2D eigenvalue weighted by Gasteiger charge is 2.19. The number of anilines is 1. The number of amides is 2. The number of aromatic nitrogens is 1. The van der Waals surface area contributed by atoms with E-state index in [9.17, 15) is 9.59 Å². The summed E-state index contributed by atoms with van der Waals surface area (Å²) < 4.78 is 16.5. The molecule has 0 fully saturated rings. The number of thiazole rings is 1. The molecular formula is C24H35N3O5S. The van der Waals surface area contributed by atoms with Gasteiger partial charge in [0.05, 0.1) is 12.3 Å². The molecule has 8 nitrogen and oxygen atoms in total. The fourth-order valence-electron chi connectivity index (χ4n) is 3.08. The maximum atomic E-state index is 12.1. The van der Waals surface area contributed by atoms with Gasteiger partial charge in [0.1, 0.15) is 11.4 Å². The zero-order chi connectivity index (χ0) is 24.4. The van der Waals surface area contributed by atoms with Crippen molar-refractivity contribution in [1.29, 1.82) is 0 Å². The van der Waals surface area contributed by atoms with E-state index in [1.807, 2.05) is 44.4 Å². The molecule has 9 heteroatoms. The van der Waals surface area contributed by atoms with Crippen LogP contribution in [0, 0.1) is 5.92 Å². The summed E-state index contributed by atoms with van der Waals surface area (Å²) in [6, 6.07) is 5.99. The molecule has 0 aliphatic heterocycles. The van der Waals surface area contributed by atoms with E-state index in [2.05, 4.69) is 29.5 Å². The summed E-state index contributed by atoms with van der Waals surface area (Å²) in [5, 5.41) is 7.89. The fourth-order valence-corrected chi connectivity index (χ4v) is 3.78. The van der Waals surface area contributed by atoms with Gasteiger partial charge in [-0.05, 0) is 50.8 Å². The van der Waals surface area contributed by atoms with Crippen LogP contribution in [0.5, 0.6) is 5.75 Å². The van der Waals surface area contributed by atoms with E-state index in [4.69, 9.17) is 14.2 Å². The molecule has 1 aromatic heterocycles. The van der Waals surface area contributed by atoms with E-state index in [1.165, 1.54) is 11.3 Å². The molecule has 33 heavy (non-hydrogen) atoms. The van der Waals surface area contributed by atoms with Crippen LogP contribution in [0.3, 0.4) is 0 Å². The summed E-state index contributed by atoms with van der Waals surface area (Å²) in [5.41, 5.74) is 1.99. The Morgan fingerprint density at radius 3 is 2.64 bits per heavy atom. The molecule has 0 bridgehead atoms. The molecule has 0 aliphatic carbocycles. The molecule has 1 heterocycles. The lowest BCUT2D eigenvalue weighted by Crippen LogP contribution is -2.34. The molecule has 182 valence electrons. The van der Waals surface area contributed by atoms with Crippen LogP contribution in [-0.2, 0) is 20.7 Å². The molecule has 1 aromatic carbocycles. The van der Waals surface area contributed by atoms with Gasteiger partial charge in [-0.1, -0.05) is 19.9 Å². The minimum Gasteiger partial charge on any atom is -0.493 e. The zero-order valence-electron chi connectivity index (χ0n) is 20.3. The van der Waals surface area contributed by atoms with Crippen LogP contribution in [0.2, 0.25) is 0 Å². The van der Waals surface area contributed by atoms with Crippen molar-refractivity contribution in [2.45, 2.75) is 59.1 Å². The number of nitrogens with one attached hydrogen (secondary N) is 2. The first-order valence-electron chi connectivity index (χ1n) is 11.0. The van der Waals surface area contributed by atoms with Crippen LogP contribution in [0.1, 0.15) is 46.6 Å². The molecule has 2 rings (SSSR count). The van der Waals surface area contributed by atoms with Gasteiger partial charge in [0.2, 0.25) is 6.41 Å². The lowest BCUT2D eigenvalue weighted by Gasteiger charge is -2.21. The van der Waals surface area contributed by atoms with Gasteiger partial charge in [-0.2, -0.15) is 0 Å². The monoisotopic (exact) mass is 477 g/mol. The maximum Gasteiger partial charge on any atom is 0.413 e. The van der Waals surface area contributed by atoms with E-state index < -0.39 is 11.7 Å². The van der Waals surface area contributed by atoms with Crippen molar-refractivity contribution in [3.05, 3.63) is 29.1 Å². The Kier molecular flexibility index (Phi) is 10.1. The first-order chi connectivity index (χ1) is 15.6. The average Bonchev–Trinajstić information content (AvgIpc) is 3.17. The van der Waals surface area contributed by atoms with Crippen molar-refractivity contribution in [2.24, 2.45) is 5.92 Å². The third kappa shape index (κ3) is 9.01. The SMILES string of the molecule is COCCCOc1cc(CC(NC=O)C(C)C)ccc1-c1csc(NC(=O)OC(C)(C)C)n1. The minimum absolute atomic E-state index is 0.0265. The predicted octanol–water partition coefficient (Wildman–Crippen LogP) is 4.89. The highest BCUT2D eigenvalue weighted by molar-refractivity contribution is 7.14. The van der Waals surface area contributed by atoms with E-state index in [-0.39, 0.29) is 6.04 Å². The standard InChI is InChI=1S/C24H35N3O5S/c1-16(2)19(25-15-28)12-17-8-9-18(21(13-17)31-11-7-10-30-6)20-14-33-22(26-20)27-23(29)32-24(3,4)5/h8-9,13-16,19H,7,10-12H2,1-6H3,(H,25,28)(H,26,27,29). The van der Waals surface area contributed by atoms with Gasteiger partial charge in [0, 0.05) is 37.1 Å². The molecule has 2 amide bonds. The topological polar surface area (TPSA) is 98.8 Å². The maximum absolute atomic E-state index is 12.1. The van der Waals surface area contributed by atoms with Crippen LogP contribution < -0.4 is 15.4 Å². The molecule has 0 spiro atoms. The summed E-state index contributed by atoms with van der Waals surface area (Å²) in [6.07, 6.45) is 1.64. The molecule has 1 atom stereocenters. The van der Waals surface area contributed by atoms with Gasteiger partial charge in [-0.3, -0.25) is 10.1 Å². The van der Waals surface area contributed by atoms with E-state index in [1.54, 1.807) is 7.11 Å². The van der Waals surface area contributed by atoms with Gasteiger partial charge >= 0.3 is 6.09 Å². The lowest BCUT2D eigenvalue weighted by atomic mass is 9.95. The second kappa shape index (κ2) is 12.6. The van der Waals surface area contributed by atoms with Crippen LogP contribution in [0.15, 0.2) is 23.6 Å². The minimum atomic E-state index is -0.588. The van der Waals surface area contributed by atoms with E-state index >= 15 is 0 Å². The van der Waals surface area contributed by atoms with Crippen LogP contribution in [-0.4, -0.2) is 49.5 Å². The number of benzene rings is 1. The number of methoxy groups -OCH3 is 1. The first kappa shape index (κ1) is 26.6. The van der Waals surface area contributed by atoms with Crippen molar-refractivity contribution in [3.63, 3.8) is 0 Å². The number of carbonyl (C=O) groups is 2. The Hall–Kier alpha value is -2.65.